The lowest BCUT2D eigenvalue weighted by atomic mass is 10.1. The Labute approximate surface area is 176 Å². The van der Waals surface area contributed by atoms with Crippen LogP contribution in [0.5, 0.6) is 17.2 Å². The maximum absolute atomic E-state index is 13.7. The van der Waals surface area contributed by atoms with Crippen molar-refractivity contribution in [3.8, 4) is 17.2 Å². The quantitative estimate of drug-likeness (QED) is 0.306. The molecule has 0 N–H and O–H groups in total. The van der Waals surface area contributed by atoms with Gasteiger partial charge in [0.25, 0.3) is 0 Å². The van der Waals surface area contributed by atoms with Crippen LogP contribution in [0.2, 0.25) is 0 Å². The van der Waals surface area contributed by atoms with Gasteiger partial charge in [0.05, 0.1) is 0 Å². The van der Waals surface area contributed by atoms with Crippen LogP contribution in [0, 0.1) is 20.8 Å². The van der Waals surface area contributed by atoms with Gasteiger partial charge in [-0.3, -0.25) is 0 Å². The van der Waals surface area contributed by atoms with Gasteiger partial charge < -0.3 is 13.6 Å². The van der Waals surface area contributed by atoms with Crippen molar-refractivity contribution in [2.45, 2.75) is 20.8 Å². The first-order valence-corrected chi connectivity index (χ1v) is 11.2. The molecule has 0 bridgehead atoms. The molecule has 0 heterocycles. The Morgan fingerprint density at radius 3 is 1.83 bits per heavy atom. The van der Waals surface area contributed by atoms with Crippen molar-refractivity contribution in [1.29, 1.82) is 0 Å². The van der Waals surface area contributed by atoms with Gasteiger partial charge in [0.1, 0.15) is 17.2 Å². The minimum absolute atomic E-state index is 0.411. The van der Waals surface area contributed by atoms with Gasteiger partial charge in [-0.25, -0.2) is 0 Å². The van der Waals surface area contributed by atoms with Crippen LogP contribution >= 0.6 is 7.82 Å². The fourth-order valence-electron chi connectivity index (χ4n) is 3.33. The SMILES string of the molecule is Cc1cccc(OP(=O)(Oc2cc(C)cc(C)c2)Oc2ccc3ccccc3c2)c1. The summed E-state index contributed by atoms with van der Waals surface area (Å²) in [5.41, 5.74) is 2.98. The van der Waals surface area contributed by atoms with E-state index in [1.54, 1.807) is 18.2 Å². The van der Waals surface area contributed by atoms with E-state index in [1.165, 1.54) is 0 Å². The lowest BCUT2D eigenvalue weighted by Crippen LogP contribution is -2.08. The number of phosphoric acid groups is 1. The maximum Gasteiger partial charge on any atom is 0.647 e. The van der Waals surface area contributed by atoms with Gasteiger partial charge >= 0.3 is 7.82 Å². The summed E-state index contributed by atoms with van der Waals surface area (Å²) >= 11 is 0. The minimum atomic E-state index is -4.02. The molecule has 30 heavy (non-hydrogen) atoms. The molecule has 0 radical (unpaired) electrons. The molecular formula is C25H23O4P. The summed E-state index contributed by atoms with van der Waals surface area (Å²) in [7, 11) is -4.02. The van der Waals surface area contributed by atoms with E-state index in [4.69, 9.17) is 13.6 Å². The first-order valence-electron chi connectivity index (χ1n) is 9.71. The zero-order chi connectivity index (χ0) is 21.1. The van der Waals surface area contributed by atoms with Crippen molar-refractivity contribution in [3.63, 3.8) is 0 Å². The molecule has 1 atom stereocenters. The van der Waals surface area contributed by atoms with Crippen molar-refractivity contribution in [1.82, 2.24) is 0 Å². The standard InChI is InChI=1S/C25H23O4P/c1-18-7-6-10-23(14-18)27-30(26,29-25-15-19(2)13-20(3)16-25)28-24-12-11-21-8-4-5-9-22(21)17-24/h4-17H,1-3H3. The first kappa shape index (κ1) is 20.1. The van der Waals surface area contributed by atoms with E-state index < -0.39 is 7.82 Å². The lowest BCUT2D eigenvalue weighted by molar-refractivity contribution is 0.298. The Kier molecular flexibility index (Phi) is 5.52. The normalized spacial score (nSPS) is 12.9. The molecule has 0 spiro atoms. The number of fused-ring (bicyclic) bond motifs is 1. The van der Waals surface area contributed by atoms with E-state index in [-0.39, 0.29) is 0 Å². The molecule has 0 aliphatic rings. The number of phosphoric ester groups is 1. The van der Waals surface area contributed by atoms with E-state index in [0.717, 1.165) is 27.5 Å². The van der Waals surface area contributed by atoms with Crippen LogP contribution < -0.4 is 13.6 Å². The van der Waals surface area contributed by atoms with Crippen molar-refractivity contribution < 1.29 is 18.1 Å². The molecule has 0 fully saturated rings. The number of hydrogen-bond donors (Lipinski definition) is 0. The summed E-state index contributed by atoms with van der Waals surface area (Å²) in [6, 6.07) is 26.3. The number of hydrogen-bond acceptors (Lipinski definition) is 4. The molecule has 0 saturated heterocycles. The Morgan fingerprint density at radius 1 is 0.533 bits per heavy atom. The van der Waals surface area contributed by atoms with Crippen LogP contribution in [-0.2, 0) is 4.57 Å². The molecule has 5 heteroatoms. The fraction of sp³-hybridized carbons (Fsp3) is 0.120. The summed E-state index contributed by atoms with van der Waals surface area (Å²) in [6.07, 6.45) is 0. The second-order valence-corrected chi connectivity index (χ2v) is 8.81. The maximum atomic E-state index is 13.7. The monoisotopic (exact) mass is 418 g/mol. The van der Waals surface area contributed by atoms with Crippen LogP contribution in [0.25, 0.3) is 10.8 Å². The highest BCUT2D eigenvalue weighted by Gasteiger charge is 2.33. The molecule has 4 aromatic rings. The number of rotatable bonds is 6. The number of benzene rings is 4. The predicted molar refractivity (Wildman–Crippen MR) is 121 cm³/mol. The summed E-state index contributed by atoms with van der Waals surface area (Å²) in [5.74, 6) is 1.27. The van der Waals surface area contributed by atoms with Crippen LogP contribution in [0.1, 0.15) is 16.7 Å². The van der Waals surface area contributed by atoms with Crippen LogP contribution in [-0.4, -0.2) is 0 Å². The molecule has 4 rings (SSSR count). The molecule has 0 aromatic heterocycles. The van der Waals surface area contributed by atoms with Crippen molar-refractivity contribution >= 4 is 18.6 Å². The van der Waals surface area contributed by atoms with E-state index in [2.05, 4.69) is 0 Å². The smallest absolute Gasteiger partial charge is 0.386 e. The minimum Gasteiger partial charge on any atom is -0.386 e. The Bertz CT molecular complexity index is 1230. The second-order valence-electron chi connectivity index (χ2n) is 7.37. The highest BCUT2D eigenvalue weighted by molar-refractivity contribution is 7.49. The number of aryl methyl sites for hydroxylation is 3. The third-order valence-electron chi connectivity index (χ3n) is 4.56. The van der Waals surface area contributed by atoms with E-state index in [1.807, 2.05) is 87.5 Å². The molecule has 0 saturated carbocycles. The Balaban J connectivity index is 1.70. The van der Waals surface area contributed by atoms with Gasteiger partial charge in [-0.2, -0.15) is 4.57 Å². The van der Waals surface area contributed by atoms with Gasteiger partial charge in [0.15, 0.2) is 0 Å². The fourth-order valence-corrected chi connectivity index (χ4v) is 4.54. The average molecular weight is 418 g/mol. The summed E-state index contributed by atoms with van der Waals surface area (Å²) in [6.45, 7) is 5.85. The average Bonchev–Trinajstić information content (AvgIpc) is 2.66. The van der Waals surface area contributed by atoms with Gasteiger partial charge in [-0.1, -0.05) is 48.5 Å². The summed E-state index contributed by atoms with van der Waals surface area (Å²) in [4.78, 5) is 0. The van der Waals surface area contributed by atoms with Crippen LogP contribution in [0.4, 0.5) is 0 Å². The highest BCUT2D eigenvalue weighted by Crippen LogP contribution is 2.50. The zero-order valence-electron chi connectivity index (χ0n) is 17.2. The van der Waals surface area contributed by atoms with Crippen molar-refractivity contribution in [2.75, 3.05) is 0 Å². The predicted octanol–water partition coefficient (Wildman–Crippen LogP) is 7.41. The van der Waals surface area contributed by atoms with Gasteiger partial charge in [-0.15, -0.1) is 0 Å². The van der Waals surface area contributed by atoms with Gasteiger partial charge in [0.2, 0.25) is 0 Å². The van der Waals surface area contributed by atoms with Gasteiger partial charge in [0, 0.05) is 0 Å². The van der Waals surface area contributed by atoms with Crippen molar-refractivity contribution in [3.05, 3.63) is 102 Å². The van der Waals surface area contributed by atoms with E-state index in [9.17, 15) is 4.57 Å². The lowest BCUT2D eigenvalue weighted by Gasteiger charge is -2.20. The topological polar surface area (TPSA) is 44.8 Å². The molecule has 4 aromatic carbocycles. The Morgan fingerprint density at radius 2 is 1.13 bits per heavy atom. The molecule has 0 amide bonds. The molecule has 0 aliphatic heterocycles. The van der Waals surface area contributed by atoms with E-state index >= 15 is 0 Å². The largest absolute Gasteiger partial charge is 0.647 e. The summed E-state index contributed by atoms with van der Waals surface area (Å²) < 4.78 is 31.2. The first-order chi connectivity index (χ1) is 14.4. The Hall–Kier alpha value is -3.23. The van der Waals surface area contributed by atoms with Crippen LogP contribution in [0.15, 0.2) is 84.9 Å². The third kappa shape index (κ3) is 4.84. The van der Waals surface area contributed by atoms with Crippen LogP contribution in [0.3, 0.4) is 0 Å². The molecule has 152 valence electrons. The van der Waals surface area contributed by atoms with Crippen molar-refractivity contribution in [2.24, 2.45) is 0 Å². The van der Waals surface area contributed by atoms with Gasteiger partial charge in [-0.05, 0) is 84.6 Å². The molecule has 4 nitrogen and oxygen atoms in total. The molecule has 0 aliphatic carbocycles. The zero-order valence-corrected chi connectivity index (χ0v) is 18.1. The third-order valence-corrected chi connectivity index (χ3v) is 5.86. The highest BCUT2D eigenvalue weighted by atomic mass is 31.2. The second kappa shape index (κ2) is 8.25. The molecule has 1 unspecified atom stereocenters. The summed E-state index contributed by atoms with van der Waals surface area (Å²) in [5, 5.41) is 2.04. The molecular weight excluding hydrogens is 395 g/mol. The van der Waals surface area contributed by atoms with E-state index in [0.29, 0.717) is 17.2 Å².